The van der Waals surface area contributed by atoms with Gasteiger partial charge in [-0.1, -0.05) is 6.42 Å². The average Bonchev–Trinajstić information content (AvgIpc) is 2.81. The van der Waals surface area contributed by atoms with Gasteiger partial charge in [0.15, 0.2) is 11.6 Å². The van der Waals surface area contributed by atoms with Gasteiger partial charge in [-0.3, -0.25) is 0 Å². The van der Waals surface area contributed by atoms with Crippen LogP contribution in [-0.4, -0.2) is 24.0 Å². The zero-order chi connectivity index (χ0) is 26.2. The van der Waals surface area contributed by atoms with E-state index in [4.69, 9.17) is 4.74 Å². The number of carbonyl (C=O) groups is 3. The fraction of sp³-hybridized carbons (Fsp3) is 0.286. The van der Waals surface area contributed by atoms with Crippen molar-refractivity contribution < 1.29 is 46.5 Å². The molecule has 1 saturated carbocycles. The summed E-state index contributed by atoms with van der Waals surface area (Å²) in [6.07, 6.45) is 3.64. The lowest BCUT2D eigenvalue weighted by molar-refractivity contribution is -0.255. The average molecular weight is 943 g/mol. The number of carbonyl (C=O) groups excluding carboxylic acids is 3. The van der Waals surface area contributed by atoms with Gasteiger partial charge in [0.1, 0.15) is 6.10 Å². The van der Waals surface area contributed by atoms with Gasteiger partial charge in [0.2, 0.25) is 17.4 Å². The molecule has 0 spiro atoms. The van der Waals surface area contributed by atoms with Crippen molar-refractivity contribution in [3.05, 3.63) is 54.2 Å². The minimum absolute atomic E-state index is 0.182. The predicted molar refractivity (Wildman–Crippen MR) is 145 cm³/mol. The number of rotatable bonds is 5. The molecule has 0 atom stereocenters. The Morgan fingerprint density at radius 3 is 1.60 bits per heavy atom. The number of carboxylic acids is 1. The third-order valence-electron chi connectivity index (χ3n) is 5.12. The van der Waals surface area contributed by atoms with Crippen LogP contribution < -0.4 is 9.84 Å². The summed E-state index contributed by atoms with van der Waals surface area (Å²) >= 11 is 7.40. The molecule has 35 heavy (non-hydrogen) atoms. The van der Waals surface area contributed by atoms with Gasteiger partial charge < -0.3 is 19.4 Å². The second-order valence-electron chi connectivity index (χ2n) is 7.31. The van der Waals surface area contributed by atoms with E-state index in [1.165, 1.54) is 0 Å². The smallest absolute Gasteiger partial charge is 0.345 e. The van der Waals surface area contributed by atoms with E-state index in [2.05, 4.69) is 4.74 Å². The van der Waals surface area contributed by atoms with Gasteiger partial charge in [0.25, 0.3) is 0 Å². The maximum Gasteiger partial charge on any atom is 0.345 e. The van der Waals surface area contributed by atoms with Crippen molar-refractivity contribution in [2.24, 2.45) is 0 Å². The lowest BCUT2D eigenvalue weighted by Gasteiger charge is -2.23. The predicted octanol–water partition coefficient (Wildman–Crippen LogP) is 5.73. The molecule has 1 fully saturated rings. The Morgan fingerprint density at radius 2 is 1.14 bits per heavy atom. The number of esters is 2. The summed E-state index contributed by atoms with van der Waals surface area (Å²) in [6.45, 7) is 0. The van der Waals surface area contributed by atoms with Crippen LogP contribution in [0.1, 0.15) is 63.2 Å². The molecule has 0 aliphatic heterocycles. The first-order valence-corrected chi connectivity index (χ1v) is 14.1. The van der Waals surface area contributed by atoms with Crippen molar-refractivity contribution in [3.8, 4) is 5.75 Å². The normalized spacial score (nSPS) is 14.1. The summed E-state index contributed by atoms with van der Waals surface area (Å²) in [5.41, 5.74) is -2.61. The lowest BCUT2D eigenvalue weighted by atomic mass is 9.97. The number of hydrogen-bond donors (Lipinski definition) is 0. The molecule has 0 N–H and O–H groups in total. The number of halogens is 8. The van der Waals surface area contributed by atoms with Gasteiger partial charge >= 0.3 is 11.9 Å². The van der Waals surface area contributed by atoms with Crippen LogP contribution >= 0.6 is 90.4 Å². The van der Waals surface area contributed by atoms with E-state index in [1.807, 2.05) is 67.8 Å². The second-order valence-corrected chi connectivity index (χ2v) is 11.6. The SMILES string of the molecule is O=C([O-])c1c(F)c(F)c(OC(=O)c2c(I)c(I)c(I)c(I)c2C(=O)OC2CCCCC2)c(F)c1F. The molecule has 1 aliphatic rings. The molecule has 2 aromatic carbocycles. The second kappa shape index (κ2) is 11.9. The van der Waals surface area contributed by atoms with E-state index in [0.29, 0.717) is 23.6 Å². The fourth-order valence-electron chi connectivity index (χ4n) is 3.43. The van der Waals surface area contributed by atoms with E-state index >= 15 is 0 Å². The summed E-state index contributed by atoms with van der Waals surface area (Å²) < 4.78 is 68.7. The van der Waals surface area contributed by atoms with Gasteiger partial charge in [0.05, 0.1) is 22.7 Å². The zero-order valence-corrected chi connectivity index (χ0v) is 25.7. The lowest BCUT2D eigenvalue weighted by Crippen LogP contribution is -2.28. The van der Waals surface area contributed by atoms with Crippen molar-refractivity contribution in [1.82, 2.24) is 0 Å². The minimum Gasteiger partial charge on any atom is -0.545 e. The van der Waals surface area contributed by atoms with E-state index in [9.17, 15) is 37.1 Å². The molecule has 6 nitrogen and oxygen atoms in total. The molecule has 188 valence electrons. The van der Waals surface area contributed by atoms with Crippen molar-refractivity contribution in [1.29, 1.82) is 0 Å². The summed E-state index contributed by atoms with van der Waals surface area (Å²) in [5, 5.41) is 10.8. The van der Waals surface area contributed by atoms with E-state index < -0.39 is 58.1 Å². The number of ether oxygens (including phenoxy) is 2. The molecular formula is C21H11F4I4O6-. The molecule has 2 aromatic rings. The number of aromatic carboxylic acids is 1. The molecule has 0 unspecified atom stereocenters. The van der Waals surface area contributed by atoms with Crippen LogP contribution in [0.2, 0.25) is 0 Å². The van der Waals surface area contributed by atoms with Crippen LogP contribution in [-0.2, 0) is 4.74 Å². The monoisotopic (exact) mass is 943 g/mol. The number of benzene rings is 2. The standard InChI is InChI=1S/C21H12F4I4O6/c22-10-9(19(30)31)11(23)13(25)18(12(10)24)35-21(33)8-7(14(26)16(28)17(29)15(8)27)20(32)34-6-4-2-1-3-5-6/h6H,1-5H2,(H,30,31)/p-1. The molecule has 1 aliphatic carbocycles. The highest BCUT2D eigenvalue weighted by Gasteiger charge is 2.34. The summed E-state index contributed by atoms with van der Waals surface area (Å²) in [5.74, 6) is -15.7. The molecule has 0 amide bonds. The van der Waals surface area contributed by atoms with Crippen LogP contribution in [0.5, 0.6) is 5.75 Å². The van der Waals surface area contributed by atoms with Gasteiger partial charge in [-0.2, -0.15) is 8.78 Å². The molecule has 14 heteroatoms. The number of carboxylic acid groups (broad SMARTS) is 1. The van der Waals surface area contributed by atoms with Gasteiger partial charge in [-0.15, -0.1) is 0 Å². The maximum absolute atomic E-state index is 14.4. The molecule has 0 radical (unpaired) electrons. The summed E-state index contributed by atoms with van der Waals surface area (Å²) in [7, 11) is 0. The first kappa shape index (κ1) is 29.1. The number of hydrogen-bond acceptors (Lipinski definition) is 6. The van der Waals surface area contributed by atoms with Gasteiger partial charge in [-0.25, -0.2) is 18.4 Å². The largest absolute Gasteiger partial charge is 0.545 e. The quantitative estimate of drug-likeness (QED) is 0.0951. The molecule has 0 heterocycles. The molecule has 0 bridgehead atoms. The Labute approximate surface area is 250 Å². The van der Waals surface area contributed by atoms with Crippen molar-refractivity contribution in [2.45, 2.75) is 38.2 Å². The molecule has 0 aromatic heterocycles. The topological polar surface area (TPSA) is 92.7 Å². The van der Waals surface area contributed by atoms with Crippen LogP contribution in [0.4, 0.5) is 17.6 Å². The van der Waals surface area contributed by atoms with Crippen LogP contribution in [0.3, 0.4) is 0 Å². The zero-order valence-electron chi connectivity index (χ0n) is 17.1. The van der Waals surface area contributed by atoms with Gasteiger partial charge in [-0.05, 0) is 116 Å². The van der Waals surface area contributed by atoms with E-state index in [-0.39, 0.29) is 15.2 Å². The Balaban J connectivity index is 2.10. The van der Waals surface area contributed by atoms with E-state index in [0.717, 1.165) is 19.3 Å². The highest BCUT2D eigenvalue weighted by atomic mass is 127. The molecular weight excluding hydrogens is 932 g/mol. The third kappa shape index (κ3) is 5.83. The van der Waals surface area contributed by atoms with Crippen molar-refractivity contribution in [3.63, 3.8) is 0 Å². The summed E-state index contributed by atoms with van der Waals surface area (Å²) in [6, 6.07) is 0. The first-order chi connectivity index (χ1) is 16.4. The van der Waals surface area contributed by atoms with Gasteiger partial charge in [0, 0.05) is 14.3 Å². The maximum atomic E-state index is 14.4. The summed E-state index contributed by atoms with van der Waals surface area (Å²) in [4.78, 5) is 37.0. The Hall–Kier alpha value is -0.510. The Kier molecular flexibility index (Phi) is 9.88. The Bertz CT molecular complexity index is 1220. The fourth-order valence-corrected chi connectivity index (χ4v) is 7.06. The highest BCUT2D eigenvalue weighted by molar-refractivity contribution is 14.1. The van der Waals surface area contributed by atoms with Crippen LogP contribution in [0.15, 0.2) is 0 Å². The van der Waals surface area contributed by atoms with Crippen molar-refractivity contribution >= 4 is 108 Å². The van der Waals surface area contributed by atoms with Crippen molar-refractivity contribution in [2.75, 3.05) is 0 Å². The molecule has 3 rings (SSSR count). The highest BCUT2D eigenvalue weighted by Crippen LogP contribution is 2.36. The van der Waals surface area contributed by atoms with Crippen LogP contribution in [0, 0.1) is 37.5 Å². The molecule has 0 saturated heterocycles. The van der Waals surface area contributed by atoms with Crippen LogP contribution in [0.25, 0.3) is 0 Å². The third-order valence-corrected chi connectivity index (χ3v) is 12.5. The minimum atomic E-state index is -2.50. The van der Waals surface area contributed by atoms with E-state index in [1.54, 1.807) is 22.6 Å². The Morgan fingerprint density at radius 1 is 0.686 bits per heavy atom. The first-order valence-electron chi connectivity index (χ1n) is 9.74.